The molecule has 2 N–H and O–H groups in total. The minimum Gasteiger partial charge on any atom is -0.317 e. The summed E-state index contributed by atoms with van der Waals surface area (Å²) in [6.45, 7) is 1.79. The van der Waals surface area contributed by atoms with E-state index >= 15 is 0 Å². The van der Waals surface area contributed by atoms with E-state index in [4.69, 9.17) is 11.6 Å². The Labute approximate surface area is 149 Å². The maximum atomic E-state index is 13.1. The molecule has 2 atom stereocenters. The topological polar surface area (TPSA) is 74.3 Å². The molecule has 0 aliphatic carbocycles. The Balaban J connectivity index is 1.74. The van der Waals surface area contributed by atoms with Gasteiger partial charge >= 0.3 is 6.03 Å². The Morgan fingerprint density at radius 3 is 2.72 bits per heavy atom. The third-order valence-corrected chi connectivity index (χ3v) is 4.14. The van der Waals surface area contributed by atoms with Gasteiger partial charge in [-0.3, -0.25) is 9.69 Å². The molecule has 1 aromatic heterocycles. The van der Waals surface area contributed by atoms with E-state index in [-0.39, 0.29) is 22.8 Å². The smallest absolute Gasteiger partial charge is 0.317 e. The number of aromatic nitrogens is 1. The number of hydrogen-bond acceptors (Lipinski definition) is 3. The maximum Gasteiger partial charge on any atom is 0.320 e. The van der Waals surface area contributed by atoms with E-state index in [1.54, 1.807) is 13.0 Å². The molecular weight excluding hydrogens is 347 g/mol. The number of nitrogens with one attached hydrogen (secondary N) is 2. The fourth-order valence-corrected chi connectivity index (χ4v) is 2.94. The Kier molecular flexibility index (Phi) is 4.85. The fraction of sp³-hybridized carbons (Fsp3) is 0.235. The van der Waals surface area contributed by atoms with Crippen LogP contribution in [0.4, 0.5) is 20.6 Å². The van der Waals surface area contributed by atoms with Gasteiger partial charge in [-0.1, -0.05) is 18.5 Å². The molecule has 8 heteroatoms. The number of anilines is 2. The molecule has 0 saturated carbocycles. The molecule has 1 saturated heterocycles. The summed E-state index contributed by atoms with van der Waals surface area (Å²) in [7, 11) is 0. The van der Waals surface area contributed by atoms with Crippen molar-refractivity contribution in [1.82, 2.24) is 10.3 Å². The zero-order chi connectivity index (χ0) is 18.0. The summed E-state index contributed by atoms with van der Waals surface area (Å²) in [6, 6.07) is 8.23. The van der Waals surface area contributed by atoms with Crippen molar-refractivity contribution in [3.8, 4) is 0 Å². The predicted molar refractivity (Wildman–Crippen MR) is 92.9 cm³/mol. The summed E-state index contributed by atoms with van der Waals surface area (Å²) >= 11 is 5.79. The van der Waals surface area contributed by atoms with Crippen molar-refractivity contribution in [3.63, 3.8) is 0 Å². The summed E-state index contributed by atoms with van der Waals surface area (Å²) in [6.07, 6.45) is 1.41. The van der Waals surface area contributed by atoms with Crippen molar-refractivity contribution in [3.05, 3.63) is 53.6 Å². The van der Waals surface area contributed by atoms with E-state index in [0.29, 0.717) is 17.8 Å². The molecule has 0 unspecified atom stereocenters. The molecule has 6 nitrogen and oxygen atoms in total. The molecule has 2 heterocycles. The van der Waals surface area contributed by atoms with Crippen molar-refractivity contribution < 1.29 is 14.0 Å². The third kappa shape index (κ3) is 3.88. The predicted octanol–water partition coefficient (Wildman–Crippen LogP) is 3.39. The lowest BCUT2D eigenvalue weighted by Gasteiger charge is -2.25. The minimum absolute atomic E-state index is 0.121. The van der Waals surface area contributed by atoms with E-state index in [9.17, 15) is 14.0 Å². The van der Waals surface area contributed by atoms with Crippen LogP contribution in [0, 0.1) is 11.7 Å². The maximum absolute atomic E-state index is 13.1. The summed E-state index contributed by atoms with van der Waals surface area (Å²) < 4.78 is 13.1. The van der Waals surface area contributed by atoms with Gasteiger partial charge in [-0.25, -0.2) is 14.2 Å². The molecule has 2 aromatic rings. The Morgan fingerprint density at radius 1 is 1.32 bits per heavy atom. The van der Waals surface area contributed by atoms with Crippen molar-refractivity contribution in [2.75, 3.05) is 10.2 Å². The van der Waals surface area contributed by atoms with E-state index in [0.717, 1.165) is 0 Å². The Morgan fingerprint density at radius 2 is 2.04 bits per heavy atom. The lowest BCUT2D eigenvalue weighted by Crippen LogP contribution is -2.47. The first-order chi connectivity index (χ1) is 11.9. The molecule has 0 bridgehead atoms. The normalized spacial score (nSPS) is 19.8. The quantitative estimate of drug-likeness (QED) is 0.822. The Bertz CT molecular complexity index is 799. The molecular formula is C17H16ClFN4O2. The van der Waals surface area contributed by atoms with E-state index in [1.807, 2.05) is 0 Å². The number of benzene rings is 1. The first-order valence-electron chi connectivity index (χ1n) is 7.72. The largest absolute Gasteiger partial charge is 0.320 e. The first-order valence-corrected chi connectivity index (χ1v) is 8.09. The number of hydrogen-bond donors (Lipinski definition) is 2. The van der Waals surface area contributed by atoms with Crippen LogP contribution in [0.25, 0.3) is 0 Å². The second-order valence-electron chi connectivity index (χ2n) is 5.80. The van der Waals surface area contributed by atoms with Gasteiger partial charge in [0, 0.05) is 23.5 Å². The van der Waals surface area contributed by atoms with Crippen LogP contribution < -0.4 is 15.5 Å². The van der Waals surface area contributed by atoms with Crippen LogP contribution in [0.3, 0.4) is 0 Å². The van der Waals surface area contributed by atoms with Crippen LogP contribution in [0.15, 0.2) is 42.6 Å². The molecule has 1 aromatic carbocycles. The highest BCUT2D eigenvalue weighted by Crippen LogP contribution is 2.29. The van der Waals surface area contributed by atoms with Gasteiger partial charge < -0.3 is 10.6 Å². The van der Waals surface area contributed by atoms with Crippen molar-refractivity contribution in [1.29, 1.82) is 0 Å². The van der Waals surface area contributed by atoms with Crippen LogP contribution in [0.1, 0.15) is 13.3 Å². The van der Waals surface area contributed by atoms with Crippen molar-refractivity contribution in [2.24, 2.45) is 5.92 Å². The van der Waals surface area contributed by atoms with E-state index in [2.05, 4.69) is 15.6 Å². The van der Waals surface area contributed by atoms with Crippen LogP contribution >= 0.6 is 11.6 Å². The minimum atomic E-state index is -0.523. The number of rotatable bonds is 3. The average molecular weight is 363 g/mol. The zero-order valence-electron chi connectivity index (χ0n) is 13.4. The fourth-order valence-electron chi connectivity index (χ4n) is 2.76. The van der Waals surface area contributed by atoms with Gasteiger partial charge in [0.25, 0.3) is 0 Å². The van der Waals surface area contributed by atoms with Crippen LogP contribution in [0.2, 0.25) is 5.15 Å². The molecule has 1 aliphatic rings. The van der Waals surface area contributed by atoms with Gasteiger partial charge in [0.1, 0.15) is 17.1 Å². The lowest BCUT2D eigenvalue weighted by molar-refractivity contribution is -0.120. The molecule has 0 radical (unpaired) electrons. The molecule has 3 amide bonds. The molecule has 1 fully saturated rings. The average Bonchev–Trinajstić information content (AvgIpc) is 2.82. The summed E-state index contributed by atoms with van der Waals surface area (Å²) in [4.78, 5) is 30.0. The lowest BCUT2D eigenvalue weighted by atomic mass is 10.1. The molecule has 3 rings (SSSR count). The van der Waals surface area contributed by atoms with Gasteiger partial charge in [0.05, 0.1) is 0 Å². The third-order valence-electron chi connectivity index (χ3n) is 3.93. The number of urea groups is 1. The highest BCUT2D eigenvalue weighted by molar-refractivity contribution is 6.29. The number of nitrogens with zero attached hydrogens (tertiary/aromatic N) is 2. The molecule has 25 heavy (non-hydrogen) atoms. The molecule has 1 aliphatic heterocycles. The van der Waals surface area contributed by atoms with Crippen molar-refractivity contribution in [2.45, 2.75) is 19.5 Å². The standard InChI is InChI=1S/C17H16ClFN4O2/c1-10-8-15(22-17(25)21-12-6-7-20-14(18)9-12)23(16(10)24)13-4-2-11(19)3-5-13/h2-7,9-10,15H,8H2,1H3,(H2,20,21,22,25)/t10-,15+/m0/s1. The second-order valence-corrected chi connectivity index (χ2v) is 6.19. The SMILES string of the molecule is C[C@H]1C[C@H](NC(=O)Nc2ccnc(Cl)c2)N(c2ccc(F)cc2)C1=O. The monoisotopic (exact) mass is 362 g/mol. The van der Waals surface area contributed by atoms with Crippen LogP contribution in [0.5, 0.6) is 0 Å². The molecule has 130 valence electrons. The summed E-state index contributed by atoms with van der Waals surface area (Å²) in [5.74, 6) is -0.755. The van der Waals surface area contributed by atoms with Gasteiger partial charge in [-0.05, 0) is 42.8 Å². The number of carbonyl (C=O) groups excluding carboxylic acids is 2. The highest BCUT2D eigenvalue weighted by atomic mass is 35.5. The van der Waals surface area contributed by atoms with Gasteiger partial charge in [0.2, 0.25) is 5.91 Å². The summed E-state index contributed by atoms with van der Waals surface area (Å²) in [5.41, 5.74) is 1.02. The van der Waals surface area contributed by atoms with Gasteiger partial charge in [-0.15, -0.1) is 0 Å². The van der Waals surface area contributed by atoms with Crippen molar-refractivity contribution >= 4 is 34.9 Å². The summed E-state index contributed by atoms with van der Waals surface area (Å²) in [5, 5.41) is 5.68. The van der Waals surface area contributed by atoms with Crippen LogP contribution in [-0.4, -0.2) is 23.1 Å². The number of amides is 3. The van der Waals surface area contributed by atoms with E-state index < -0.39 is 12.2 Å². The highest BCUT2D eigenvalue weighted by Gasteiger charge is 2.38. The van der Waals surface area contributed by atoms with Gasteiger partial charge in [-0.2, -0.15) is 0 Å². The van der Waals surface area contributed by atoms with Gasteiger partial charge in [0.15, 0.2) is 0 Å². The zero-order valence-corrected chi connectivity index (χ0v) is 14.1. The second kappa shape index (κ2) is 7.06. The number of halogens is 2. The van der Waals surface area contributed by atoms with E-state index in [1.165, 1.54) is 41.4 Å². The first kappa shape index (κ1) is 17.2. The number of pyridine rings is 1. The molecule has 0 spiro atoms. The van der Waals surface area contributed by atoms with Crippen LogP contribution in [-0.2, 0) is 4.79 Å². The Hall–Kier alpha value is -2.67. The number of carbonyl (C=O) groups is 2.